The minimum atomic E-state index is -0.374. The first-order valence-corrected chi connectivity index (χ1v) is 14.2. The Bertz CT molecular complexity index is 1170. The minimum Gasteiger partial charge on any atom is -0.486 e. The summed E-state index contributed by atoms with van der Waals surface area (Å²) in [7, 11) is 2.00. The van der Waals surface area contributed by atoms with Crippen LogP contribution in [0.5, 0.6) is 5.75 Å². The van der Waals surface area contributed by atoms with Gasteiger partial charge in [0.15, 0.2) is 5.75 Å². The fourth-order valence-corrected chi connectivity index (χ4v) is 5.40. The highest BCUT2D eigenvalue weighted by atomic mass is 35.5. The van der Waals surface area contributed by atoms with Crippen LogP contribution in [-0.4, -0.2) is 78.8 Å². The number of anilines is 1. The van der Waals surface area contributed by atoms with Crippen LogP contribution in [0, 0.1) is 11.8 Å². The molecule has 2 N–H and O–H groups in total. The van der Waals surface area contributed by atoms with Crippen LogP contribution in [0.2, 0.25) is 10.0 Å². The number of carbonyl (C=O) groups excluding carboxylic acids is 2. The fraction of sp³-hybridized carbons (Fsp3) is 0.517. The molecule has 0 spiro atoms. The molecule has 0 saturated carbocycles. The number of nitrogens with one attached hydrogen (secondary N) is 1. The highest BCUT2D eigenvalue weighted by Crippen LogP contribution is 2.35. The van der Waals surface area contributed by atoms with Crippen molar-refractivity contribution in [1.82, 2.24) is 9.80 Å². The predicted molar refractivity (Wildman–Crippen MR) is 153 cm³/mol. The van der Waals surface area contributed by atoms with Crippen molar-refractivity contribution < 1.29 is 24.2 Å². The lowest BCUT2D eigenvalue weighted by Crippen LogP contribution is -2.49. The molecule has 0 unspecified atom stereocenters. The van der Waals surface area contributed by atoms with Gasteiger partial charge >= 0.3 is 0 Å². The number of benzene rings is 2. The molecule has 1 saturated heterocycles. The van der Waals surface area contributed by atoms with Crippen molar-refractivity contribution in [3.63, 3.8) is 0 Å². The molecule has 2 aliphatic heterocycles. The summed E-state index contributed by atoms with van der Waals surface area (Å²) < 4.78 is 12.0. The summed E-state index contributed by atoms with van der Waals surface area (Å²) in [5, 5.41) is 14.0. The minimum absolute atomic E-state index is 0.0633. The zero-order valence-corrected chi connectivity index (χ0v) is 24.2. The van der Waals surface area contributed by atoms with Crippen molar-refractivity contribution in [2.45, 2.75) is 45.4 Å². The number of fused-ring (bicyclic) bond motifs is 1. The van der Waals surface area contributed by atoms with E-state index in [1.54, 1.807) is 29.2 Å². The highest BCUT2D eigenvalue weighted by Gasteiger charge is 2.35. The molecule has 1 fully saturated rings. The maximum Gasteiger partial charge on any atom is 0.258 e. The van der Waals surface area contributed by atoms with Gasteiger partial charge in [-0.1, -0.05) is 42.3 Å². The molecule has 0 radical (unpaired) electrons. The fourth-order valence-electron chi connectivity index (χ4n) is 5.08. The van der Waals surface area contributed by atoms with Crippen molar-refractivity contribution in [3.05, 3.63) is 57.6 Å². The van der Waals surface area contributed by atoms with Gasteiger partial charge in [0.25, 0.3) is 5.91 Å². The number of ether oxygens (including phenoxy) is 2. The number of carbonyl (C=O) groups is 2. The lowest BCUT2D eigenvalue weighted by Gasteiger charge is -2.38. The first-order valence-electron chi connectivity index (χ1n) is 13.4. The van der Waals surface area contributed by atoms with Gasteiger partial charge in [0, 0.05) is 44.7 Å². The van der Waals surface area contributed by atoms with Crippen LogP contribution in [0.4, 0.5) is 5.69 Å². The number of likely N-dealkylation sites (N-methyl/N-ethyl adjacent to an activating group) is 1. The maximum atomic E-state index is 13.7. The van der Waals surface area contributed by atoms with Crippen LogP contribution in [0.25, 0.3) is 0 Å². The SMILES string of the molecule is C[C@@H]1CN([C@H](C)CO)C(=O)c2cccc(NC(=O)C3CCOCC3)c2O[C@@H]1CN(C)Cc1ccc(Cl)c(Cl)c1. The molecule has 3 atom stereocenters. The number of halogens is 2. The number of nitrogens with zero attached hydrogens (tertiary/aromatic N) is 2. The molecule has 0 bridgehead atoms. The van der Waals surface area contributed by atoms with E-state index in [0.717, 1.165) is 5.56 Å². The Balaban J connectivity index is 1.63. The molecule has 0 aromatic heterocycles. The van der Waals surface area contributed by atoms with E-state index in [0.29, 0.717) is 72.7 Å². The van der Waals surface area contributed by atoms with Crippen LogP contribution in [0.3, 0.4) is 0 Å². The molecule has 0 aliphatic carbocycles. The van der Waals surface area contributed by atoms with E-state index in [1.807, 2.05) is 33.0 Å². The van der Waals surface area contributed by atoms with Crippen LogP contribution >= 0.6 is 23.2 Å². The van der Waals surface area contributed by atoms with E-state index < -0.39 is 0 Å². The molecular weight excluding hydrogens is 541 g/mol. The Morgan fingerprint density at radius 1 is 1.21 bits per heavy atom. The molecule has 2 aromatic carbocycles. The number of amides is 2. The second-order valence-electron chi connectivity index (χ2n) is 10.6. The standard InChI is InChI=1S/C29H37Cl2N3O5/c1-18-14-34(19(2)17-35)29(37)22-5-4-6-25(32-28(36)21-9-11-38-12-10-21)27(22)39-26(18)16-33(3)15-20-7-8-23(30)24(31)13-20/h4-8,13,18-19,21,26,35H,9-12,14-17H2,1-3H3,(H,32,36)/t18-,19-,26-/m1/s1. The Morgan fingerprint density at radius 2 is 1.95 bits per heavy atom. The molecule has 2 aromatic rings. The van der Waals surface area contributed by atoms with Gasteiger partial charge in [-0.05, 0) is 56.6 Å². The van der Waals surface area contributed by atoms with Crippen molar-refractivity contribution in [3.8, 4) is 5.75 Å². The Kier molecular flexibility index (Phi) is 10.1. The summed E-state index contributed by atoms with van der Waals surface area (Å²) in [6, 6.07) is 10.4. The van der Waals surface area contributed by atoms with E-state index in [1.165, 1.54) is 0 Å². The molecule has 212 valence electrons. The molecule has 2 amide bonds. The van der Waals surface area contributed by atoms with E-state index >= 15 is 0 Å². The number of hydrogen-bond donors (Lipinski definition) is 2. The smallest absolute Gasteiger partial charge is 0.258 e. The first-order chi connectivity index (χ1) is 18.7. The third-order valence-corrected chi connectivity index (χ3v) is 8.21. The Labute approximate surface area is 240 Å². The van der Waals surface area contributed by atoms with Crippen LogP contribution in [0.15, 0.2) is 36.4 Å². The van der Waals surface area contributed by atoms with Crippen LogP contribution < -0.4 is 10.1 Å². The summed E-state index contributed by atoms with van der Waals surface area (Å²) >= 11 is 12.3. The molecular formula is C29H37Cl2N3O5. The van der Waals surface area contributed by atoms with Crippen LogP contribution in [-0.2, 0) is 16.1 Å². The molecule has 8 nitrogen and oxygen atoms in total. The number of aliphatic hydroxyl groups excluding tert-OH is 1. The summed E-state index contributed by atoms with van der Waals surface area (Å²) in [4.78, 5) is 30.6. The zero-order chi connectivity index (χ0) is 28.1. The Hall–Kier alpha value is -2.36. The van der Waals surface area contributed by atoms with Crippen molar-refractivity contribution >= 4 is 40.7 Å². The quantitative estimate of drug-likeness (QED) is 0.472. The summed E-state index contributed by atoms with van der Waals surface area (Å²) in [5.41, 5.74) is 1.85. The molecule has 39 heavy (non-hydrogen) atoms. The van der Waals surface area contributed by atoms with Crippen molar-refractivity contribution in [1.29, 1.82) is 0 Å². The predicted octanol–water partition coefficient (Wildman–Crippen LogP) is 4.71. The molecule has 4 rings (SSSR count). The van der Waals surface area contributed by atoms with Gasteiger partial charge < -0.3 is 24.8 Å². The van der Waals surface area contributed by atoms with Gasteiger partial charge in [0.2, 0.25) is 5.91 Å². The average Bonchev–Trinajstić information content (AvgIpc) is 2.93. The topological polar surface area (TPSA) is 91.3 Å². The molecule has 2 heterocycles. The first kappa shape index (κ1) is 29.6. The Morgan fingerprint density at radius 3 is 2.64 bits per heavy atom. The summed E-state index contributed by atoms with van der Waals surface area (Å²) in [6.07, 6.45) is 1.00. The number of para-hydroxylation sites is 1. The molecule has 2 aliphatic rings. The van der Waals surface area contributed by atoms with Gasteiger partial charge in [0.1, 0.15) is 6.10 Å². The lowest BCUT2D eigenvalue weighted by molar-refractivity contribution is -0.122. The highest BCUT2D eigenvalue weighted by molar-refractivity contribution is 6.42. The second-order valence-corrected chi connectivity index (χ2v) is 11.4. The number of aliphatic hydroxyl groups is 1. The average molecular weight is 579 g/mol. The van der Waals surface area contributed by atoms with Crippen molar-refractivity contribution in [2.24, 2.45) is 11.8 Å². The number of hydrogen-bond acceptors (Lipinski definition) is 6. The number of rotatable bonds is 8. The lowest BCUT2D eigenvalue weighted by atomic mass is 9.98. The van der Waals surface area contributed by atoms with Gasteiger partial charge in [0.05, 0.1) is 33.9 Å². The molecule has 10 heteroatoms. The van der Waals surface area contributed by atoms with E-state index in [9.17, 15) is 14.7 Å². The van der Waals surface area contributed by atoms with E-state index in [2.05, 4.69) is 10.2 Å². The largest absolute Gasteiger partial charge is 0.486 e. The third-order valence-electron chi connectivity index (χ3n) is 7.47. The maximum absolute atomic E-state index is 13.7. The normalized spacial score (nSPS) is 21.1. The summed E-state index contributed by atoms with van der Waals surface area (Å²) in [5.74, 6) is -0.198. The van der Waals surface area contributed by atoms with E-state index in [4.69, 9.17) is 32.7 Å². The van der Waals surface area contributed by atoms with Gasteiger partial charge in [-0.2, -0.15) is 0 Å². The van der Waals surface area contributed by atoms with Crippen molar-refractivity contribution in [2.75, 3.05) is 45.3 Å². The van der Waals surface area contributed by atoms with E-state index in [-0.39, 0.29) is 42.4 Å². The third kappa shape index (κ3) is 7.24. The monoisotopic (exact) mass is 577 g/mol. The van der Waals surface area contributed by atoms with Gasteiger partial charge in [-0.3, -0.25) is 14.5 Å². The summed E-state index contributed by atoms with van der Waals surface area (Å²) in [6.45, 7) is 6.41. The van der Waals surface area contributed by atoms with Gasteiger partial charge in [-0.15, -0.1) is 0 Å². The van der Waals surface area contributed by atoms with Crippen LogP contribution in [0.1, 0.15) is 42.6 Å². The second kappa shape index (κ2) is 13.3. The van der Waals surface area contributed by atoms with Gasteiger partial charge in [-0.25, -0.2) is 0 Å². The zero-order valence-electron chi connectivity index (χ0n) is 22.7.